The molecule has 27 heavy (non-hydrogen) atoms. The molecule has 1 heterocycles. The molecule has 1 aromatic carbocycles. The summed E-state index contributed by atoms with van der Waals surface area (Å²) in [7, 11) is -2.35. The molecule has 0 radical (unpaired) electrons. The van der Waals surface area contributed by atoms with Crippen molar-refractivity contribution < 1.29 is 27.2 Å². The summed E-state index contributed by atoms with van der Waals surface area (Å²) in [5.74, 6) is -0.201. The van der Waals surface area contributed by atoms with Gasteiger partial charge in [0.05, 0.1) is 4.90 Å². The molecule has 0 saturated heterocycles. The summed E-state index contributed by atoms with van der Waals surface area (Å²) in [5, 5.41) is 2.52. The van der Waals surface area contributed by atoms with Gasteiger partial charge in [-0.05, 0) is 52.4 Å². The molecule has 0 aliphatic carbocycles. The monoisotopic (exact) mass is 394 g/mol. The summed E-state index contributed by atoms with van der Waals surface area (Å²) in [6.07, 6.45) is 0. The molecule has 2 N–H and O–H groups in total. The minimum Gasteiger partial charge on any atom is -0.465 e. The van der Waals surface area contributed by atoms with Gasteiger partial charge in [0.2, 0.25) is 10.0 Å². The number of carbonyl (C=O) groups is 2. The fraction of sp³-hybridized carbons (Fsp3) is 0.333. The van der Waals surface area contributed by atoms with E-state index in [1.807, 2.05) is 0 Å². The van der Waals surface area contributed by atoms with Gasteiger partial charge in [0.1, 0.15) is 17.1 Å². The summed E-state index contributed by atoms with van der Waals surface area (Å²) in [6.45, 7) is 6.25. The Balaban J connectivity index is 2.06. The normalized spacial score (nSPS) is 11.3. The Morgan fingerprint density at radius 3 is 2.33 bits per heavy atom. The molecule has 146 valence electrons. The second-order valence-electron chi connectivity index (χ2n) is 6.03. The van der Waals surface area contributed by atoms with Gasteiger partial charge in [0.25, 0.3) is 5.91 Å². The topological polar surface area (TPSA) is 115 Å². The van der Waals surface area contributed by atoms with Crippen molar-refractivity contribution in [2.75, 3.05) is 19.0 Å². The molecule has 9 heteroatoms. The zero-order valence-electron chi connectivity index (χ0n) is 15.8. The quantitative estimate of drug-likeness (QED) is 0.726. The van der Waals surface area contributed by atoms with E-state index in [-0.39, 0.29) is 10.6 Å². The smallest absolute Gasteiger partial charge is 0.342 e. The van der Waals surface area contributed by atoms with Crippen LogP contribution in [0.3, 0.4) is 0 Å². The van der Waals surface area contributed by atoms with Crippen LogP contribution in [-0.4, -0.2) is 33.9 Å². The van der Waals surface area contributed by atoms with Crippen LogP contribution in [0.4, 0.5) is 5.69 Å². The third-order valence-corrected chi connectivity index (χ3v) is 5.69. The number of amides is 1. The molecule has 0 aliphatic rings. The fourth-order valence-corrected chi connectivity index (χ4v) is 3.57. The summed E-state index contributed by atoms with van der Waals surface area (Å²) in [5.41, 5.74) is 1.79. The number of anilines is 1. The minimum absolute atomic E-state index is 0.0555. The largest absolute Gasteiger partial charge is 0.465 e. The molecular weight excluding hydrogens is 372 g/mol. The first-order valence-corrected chi connectivity index (χ1v) is 9.63. The Labute approximate surface area is 157 Å². The number of aryl methyl sites for hydroxylation is 3. The van der Waals surface area contributed by atoms with E-state index in [2.05, 4.69) is 10.0 Å². The molecule has 0 bridgehead atoms. The van der Waals surface area contributed by atoms with Crippen molar-refractivity contribution in [3.63, 3.8) is 0 Å². The highest BCUT2D eigenvalue weighted by molar-refractivity contribution is 7.89. The number of nitrogens with one attached hydrogen (secondary N) is 2. The van der Waals surface area contributed by atoms with Gasteiger partial charge in [-0.1, -0.05) is 6.07 Å². The average molecular weight is 394 g/mol. The van der Waals surface area contributed by atoms with Crippen LogP contribution >= 0.6 is 0 Å². The van der Waals surface area contributed by atoms with E-state index >= 15 is 0 Å². The lowest BCUT2D eigenvalue weighted by Crippen LogP contribution is -2.22. The summed E-state index contributed by atoms with van der Waals surface area (Å²) >= 11 is 0. The van der Waals surface area contributed by atoms with Crippen molar-refractivity contribution in [2.24, 2.45) is 0 Å². The lowest BCUT2D eigenvalue weighted by atomic mass is 10.1. The van der Waals surface area contributed by atoms with Crippen molar-refractivity contribution in [1.82, 2.24) is 4.72 Å². The van der Waals surface area contributed by atoms with E-state index < -0.39 is 28.5 Å². The van der Waals surface area contributed by atoms with E-state index in [0.29, 0.717) is 28.2 Å². The molecular formula is C18H22N2O6S. The van der Waals surface area contributed by atoms with E-state index in [4.69, 9.17) is 9.15 Å². The number of benzene rings is 1. The van der Waals surface area contributed by atoms with Crippen LogP contribution in [0.15, 0.2) is 27.5 Å². The minimum atomic E-state index is -3.65. The molecule has 0 aliphatic heterocycles. The third kappa shape index (κ3) is 4.55. The van der Waals surface area contributed by atoms with Crippen LogP contribution in [0.1, 0.15) is 33.0 Å². The van der Waals surface area contributed by atoms with E-state index in [0.717, 1.165) is 0 Å². The van der Waals surface area contributed by atoms with Gasteiger partial charge < -0.3 is 14.5 Å². The number of ether oxygens (including phenoxy) is 1. The zero-order valence-corrected chi connectivity index (χ0v) is 16.6. The van der Waals surface area contributed by atoms with Gasteiger partial charge in [-0.2, -0.15) is 0 Å². The molecule has 8 nitrogen and oxygen atoms in total. The number of rotatable bonds is 6. The Bertz CT molecular complexity index is 992. The molecule has 0 atom stereocenters. The molecule has 2 rings (SSSR count). The van der Waals surface area contributed by atoms with Crippen LogP contribution in [0.2, 0.25) is 0 Å². The third-order valence-electron chi connectivity index (χ3n) is 4.13. The first-order valence-electron chi connectivity index (χ1n) is 8.14. The summed E-state index contributed by atoms with van der Waals surface area (Å²) in [4.78, 5) is 24.3. The van der Waals surface area contributed by atoms with Crippen LogP contribution in [-0.2, 0) is 19.6 Å². The van der Waals surface area contributed by atoms with Crippen molar-refractivity contribution in [3.8, 4) is 0 Å². The Morgan fingerprint density at radius 2 is 1.78 bits per heavy atom. The number of esters is 1. The fourth-order valence-electron chi connectivity index (χ4n) is 2.57. The molecule has 1 aromatic heterocycles. The van der Waals surface area contributed by atoms with Gasteiger partial charge in [-0.25, -0.2) is 17.9 Å². The summed E-state index contributed by atoms with van der Waals surface area (Å²) in [6, 6.07) is 4.49. The molecule has 0 fully saturated rings. The number of carbonyl (C=O) groups excluding carboxylic acids is 2. The van der Waals surface area contributed by atoms with E-state index in [9.17, 15) is 18.0 Å². The van der Waals surface area contributed by atoms with E-state index in [1.54, 1.807) is 39.8 Å². The van der Waals surface area contributed by atoms with Gasteiger partial charge in [-0.3, -0.25) is 4.79 Å². The maximum atomic E-state index is 12.2. The Morgan fingerprint density at radius 1 is 1.11 bits per heavy atom. The van der Waals surface area contributed by atoms with Crippen molar-refractivity contribution in [2.45, 2.75) is 32.6 Å². The predicted octanol–water partition coefficient (Wildman–Crippen LogP) is 2.22. The zero-order chi connectivity index (χ0) is 20.4. The van der Waals surface area contributed by atoms with Crippen LogP contribution in [0.5, 0.6) is 0 Å². The van der Waals surface area contributed by atoms with Crippen LogP contribution in [0.25, 0.3) is 0 Å². The van der Waals surface area contributed by atoms with Crippen LogP contribution in [0, 0.1) is 27.7 Å². The molecule has 1 amide bonds. The highest BCUT2D eigenvalue weighted by Gasteiger charge is 2.21. The SMILES string of the molecule is CNS(=O)(=O)c1cc(NC(=O)COC(=O)c2c(C)oc(C)c2C)ccc1C. The van der Waals surface area contributed by atoms with Gasteiger partial charge in [0.15, 0.2) is 6.61 Å². The lowest BCUT2D eigenvalue weighted by molar-refractivity contribution is -0.119. The standard InChI is InChI=1S/C18H22N2O6S/c1-10-6-7-14(8-15(10)27(23,24)19-5)20-16(21)9-25-18(22)17-11(2)12(3)26-13(17)4/h6-8,19H,9H2,1-5H3,(H,20,21). The highest BCUT2D eigenvalue weighted by Crippen LogP contribution is 2.22. The second kappa shape index (κ2) is 7.93. The molecule has 2 aromatic rings. The molecule has 0 unspecified atom stereocenters. The number of hydrogen-bond acceptors (Lipinski definition) is 6. The van der Waals surface area contributed by atoms with Crippen molar-refractivity contribution in [1.29, 1.82) is 0 Å². The predicted molar refractivity (Wildman–Crippen MR) is 99.3 cm³/mol. The maximum absolute atomic E-state index is 12.2. The lowest BCUT2D eigenvalue weighted by Gasteiger charge is -2.10. The number of sulfonamides is 1. The summed E-state index contributed by atoms with van der Waals surface area (Å²) < 4.78 is 36.6. The maximum Gasteiger partial charge on any atom is 0.342 e. The first kappa shape index (κ1) is 20.7. The Kier molecular flexibility index (Phi) is 6.07. The molecule has 0 spiro atoms. The van der Waals surface area contributed by atoms with Gasteiger partial charge >= 0.3 is 5.97 Å². The number of hydrogen-bond donors (Lipinski definition) is 2. The second-order valence-corrected chi connectivity index (χ2v) is 7.88. The molecule has 0 saturated carbocycles. The highest BCUT2D eigenvalue weighted by atomic mass is 32.2. The van der Waals surface area contributed by atoms with Crippen LogP contribution < -0.4 is 10.0 Å². The van der Waals surface area contributed by atoms with Gasteiger partial charge in [0, 0.05) is 11.3 Å². The van der Waals surface area contributed by atoms with Crippen molar-refractivity contribution >= 4 is 27.6 Å². The van der Waals surface area contributed by atoms with Gasteiger partial charge in [-0.15, -0.1) is 0 Å². The number of furan rings is 1. The van der Waals surface area contributed by atoms with E-state index in [1.165, 1.54) is 13.1 Å². The Hall–Kier alpha value is -2.65. The first-order chi connectivity index (χ1) is 12.6. The average Bonchev–Trinajstić information content (AvgIpc) is 2.86. The van der Waals surface area contributed by atoms with Crippen molar-refractivity contribution in [3.05, 3.63) is 46.4 Å².